The zero-order valence-electron chi connectivity index (χ0n) is 15.3. The smallest absolute Gasteiger partial charge is 0.330 e. The number of nitrogens with one attached hydrogen (secondary N) is 1. The Morgan fingerprint density at radius 3 is 2.48 bits per heavy atom. The molecule has 15 heteroatoms. The van der Waals surface area contributed by atoms with Crippen LogP contribution in [0.5, 0.6) is 0 Å². The van der Waals surface area contributed by atoms with Crippen molar-refractivity contribution in [2.75, 3.05) is 0 Å². The predicted molar refractivity (Wildman–Crippen MR) is 95.1 cm³/mol. The molecule has 0 aliphatic carbocycles. The Labute approximate surface area is 166 Å². The lowest BCUT2D eigenvalue weighted by atomic mass is 9.59. The first-order chi connectivity index (χ1) is 13.1. The minimum absolute atomic E-state index is 0.0662. The average molecular weight is 409 g/mol. The number of alkyl halides is 1. The largest absolute Gasteiger partial charge is 0.473 e. The third-order valence-corrected chi connectivity index (χ3v) is 4.48. The molecule has 0 aromatic carbocycles. The molecule has 2 rings (SSSR count). The van der Waals surface area contributed by atoms with Crippen LogP contribution in [0.2, 0.25) is 0 Å². The molecule has 5 N–H and O–H groups in total. The highest BCUT2D eigenvalue weighted by atomic mass is 19.2. The van der Waals surface area contributed by atoms with Crippen molar-refractivity contribution in [2.45, 2.75) is 49.0 Å². The molecule has 152 valence electrons. The fraction of sp³-hybridized carbons (Fsp3) is 0.643. The number of nitrogens with two attached hydrogens (primary N) is 1. The van der Waals surface area contributed by atoms with Crippen LogP contribution in [0.15, 0.2) is 15.8 Å². The number of ether oxygens (including phenoxy) is 2. The summed E-state index contributed by atoms with van der Waals surface area (Å²) in [6.45, 7) is 3.08. The fourth-order valence-corrected chi connectivity index (χ4v) is 2.57. The van der Waals surface area contributed by atoms with Gasteiger partial charge >= 0.3 is 11.7 Å². The number of aromatic nitrogens is 2. The summed E-state index contributed by atoms with van der Waals surface area (Å²) in [6, 6.07) is -1.29. The Balaban J connectivity index is 2.48. The first-order valence-corrected chi connectivity index (χ1v) is 8.20. The van der Waals surface area contributed by atoms with Gasteiger partial charge in [0.15, 0.2) is 0 Å². The second kappa shape index (κ2) is 7.38. The summed E-state index contributed by atoms with van der Waals surface area (Å²) in [5.74, 6) is -7.07. The number of aromatic amines is 1. The van der Waals surface area contributed by atoms with E-state index in [1.54, 1.807) is 13.8 Å². The maximum atomic E-state index is 15.5. The minimum Gasteiger partial charge on any atom is -0.473 e. The summed E-state index contributed by atoms with van der Waals surface area (Å²) in [6.07, 6.45) is -4.97. The van der Waals surface area contributed by atoms with Gasteiger partial charge in [0.25, 0.3) is 11.4 Å². The van der Waals surface area contributed by atoms with Crippen molar-refractivity contribution in [1.82, 2.24) is 9.55 Å². The Morgan fingerprint density at radius 1 is 1.41 bits per heavy atom. The highest BCUT2D eigenvalue weighted by Gasteiger charge is 2.68. The van der Waals surface area contributed by atoms with Gasteiger partial charge in [0.05, 0.1) is 11.6 Å². The summed E-state index contributed by atoms with van der Waals surface area (Å²) < 4.78 is 38.5. The molecular formula is C14H16B3F2N3O7. The number of carbonyl (C=O) groups excluding carboxylic acids is 1. The van der Waals surface area contributed by atoms with Crippen molar-refractivity contribution in [3.05, 3.63) is 32.9 Å². The van der Waals surface area contributed by atoms with Crippen LogP contribution in [0.25, 0.3) is 0 Å². The number of esters is 1. The van der Waals surface area contributed by atoms with Gasteiger partial charge in [-0.1, -0.05) is 13.8 Å². The number of rotatable bonds is 5. The van der Waals surface area contributed by atoms with Crippen molar-refractivity contribution in [3.8, 4) is 0 Å². The van der Waals surface area contributed by atoms with Gasteiger partial charge in [-0.05, 0) is 5.92 Å². The topological polar surface area (TPSA) is 157 Å². The molecule has 1 saturated heterocycles. The molecule has 0 amide bonds. The van der Waals surface area contributed by atoms with Gasteiger partial charge in [0.1, 0.15) is 47.4 Å². The highest BCUT2D eigenvalue weighted by Crippen LogP contribution is 2.45. The van der Waals surface area contributed by atoms with E-state index in [4.69, 9.17) is 34.0 Å². The first kappa shape index (κ1) is 23.3. The lowest BCUT2D eigenvalue weighted by Crippen LogP contribution is -2.62. The van der Waals surface area contributed by atoms with E-state index >= 15 is 4.39 Å². The molecule has 1 fully saturated rings. The van der Waals surface area contributed by atoms with E-state index in [2.05, 4.69) is 4.74 Å². The van der Waals surface area contributed by atoms with Gasteiger partial charge in [0, 0.05) is 0 Å². The van der Waals surface area contributed by atoms with E-state index in [1.807, 2.05) is 0 Å². The maximum absolute atomic E-state index is 15.5. The van der Waals surface area contributed by atoms with Crippen molar-refractivity contribution >= 4 is 29.5 Å². The number of halogens is 2. The molecule has 1 aromatic rings. The number of aliphatic hydroxyl groups excluding tert-OH is 2. The van der Waals surface area contributed by atoms with Crippen molar-refractivity contribution in [2.24, 2.45) is 11.7 Å². The average Bonchev–Trinajstić information content (AvgIpc) is 2.79. The molecular weight excluding hydrogens is 393 g/mol. The van der Waals surface area contributed by atoms with Gasteiger partial charge in [-0.2, -0.15) is 4.39 Å². The van der Waals surface area contributed by atoms with E-state index in [1.165, 1.54) is 4.98 Å². The van der Waals surface area contributed by atoms with Crippen molar-refractivity contribution < 1.29 is 33.3 Å². The third-order valence-electron chi connectivity index (χ3n) is 4.48. The van der Waals surface area contributed by atoms with E-state index in [-0.39, 0.29) is 10.8 Å². The quantitative estimate of drug-likeness (QED) is 0.287. The van der Waals surface area contributed by atoms with Crippen LogP contribution in [-0.4, -0.2) is 78.8 Å². The molecule has 2 heterocycles. The molecule has 0 spiro atoms. The number of hydrogen-bond donors (Lipinski definition) is 4. The minimum atomic E-state index is -3.79. The first-order valence-electron chi connectivity index (χ1n) is 8.20. The van der Waals surface area contributed by atoms with Gasteiger partial charge in [-0.15, -0.1) is 0 Å². The van der Waals surface area contributed by atoms with Gasteiger partial charge < -0.3 is 25.4 Å². The van der Waals surface area contributed by atoms with Crippen molar-refractivity contribution in [3.63, 3.8) is 0 Å². The zero-order valence-corrected chi connectivity index (χ0v) is 15.3. The maximum Gasteiger partial charge on any atom is 0.330 e. The second-order valence-corrected chi connectivity index (χ2v) is 6.98. The molecule has 1 aliphatic rings. The molecule has 0 saturated carbocycles. The zero-order chi connectivity index (χ0) is 22.5. The molecule has 10 nitrogen and oxygen atoms in total. The Kier molecular flexibility index (Phi) is 5.94. The van der Waals surface area contributed by atoms with E-state index in [0.29, 0.717) is 0 Å². The van der Waals surface area contributed by atoms with Crippen LogP contribution in [0.1, 0.15) is 13.8 Å². The Hall–Kier alpha value is -1.96. The molecule has 29 heavy (non-hydrogen) atoms. The van der Waals surface area contributed by atoms with Crippen LogP contribution in [0.4, 0.5) is 8.78 Å². The van der Waals surface area contributed by atoms with Crippen LogP contribution < -0.4 is 17.0 Å². The lowest BCUT2D eigenvalue weighted by molar-refractivity contribution is -0.250. The Bertz CT molecular complexity index is 926. The third kappa shape index (κ3) is 3.67. The standard InChI is InChI=1S/C14H16B3F2N3O7/c1-4(2)6(20)10(26)28-14(16,17)12(19)7(23)8(24)13(15,29-12)22-3-5(18)9(25)21-11(22)27/h3-4,6-8,23-24H,20H2,1-2H3,(H,21,25,27)/t6-,7-,8+,12-,13-/m0/s1. The van der Waals surface area contributed by atoms with E-state index in [0.717, 1.165) is 0 Å². The van der Waals surface area contributed by atoms with Crippen LogP contribution in [-0.2, 0) is 19.9 Å². The van der Waals surface area contributed by atoms with Gasteiger partial charge in [-0.3, -0.25) is 19.1 Å². The number of hydrogen-bond acceptors (Lipinski definition) is 8. The fourth-order valence-electron chi connectivity index (χ4n) is 2.57. The summed E-state index contributed by atoms with van der Waals surface area (Å²) in [5, 5.41) is 17.1. The number of aliphatic hydroxyl groups is 2. The van der Waals surface area contributed by atoms with Crippen LogP contribution in [0, 0.1) is 11.7 Å². The molecule has 1 aromatic heterocycles. The summed E-state index contributed by atoms with van der Waals surface area (Å²) in [4.78, 5) is 36.6. The SMILES string of the molecule is [B]C([B])(OC(=O)[C@@H](N)C(C)C)[C@@]1(F)O[C@@]([B])(n2cc(F)c(=O)[nH]c2=O)[C@H](O)[C@@H]1O. The molecule has 6 radical (unpaired) electrons. The van der Waals surface area contributed by atoms with Crippen LogP contribution >= 0.6 is 0 Å². The Morgan fingerprint density at radius 2 is 1.97 bits per heavy atom. The van der Waals surface area contributed by atoms with Gasteiger partial charge in [0.2, 0.25) is 5.82 Å². The summed E-state index contributed by atoms with van der Waals surface area (Å²) in [7, 11) is 16.6. The molecule has 5 atom stereocenters. The molecule has 1 aliphatic heterocycles. The normalized spacial score (nSPS) is 31.0. The number of nitrogens with zero attached hydrogens (tertiary/aromatic N) is 1. The predicted octanol–water partition coefficient (Wildman–Crippen LogP) is -3.61. The monoisotopic (exact) mass is 409 g/mol. The second-order valence-electron chi connectivity index (χ2n) is 6.98. The van der Waals surface area contributed by atoms with E-state index in [9.17, 15) is 29.0 Å². The summed E-state index contributed by atoms with van der Waals surface area (Å²) >= 11 is 0. The molecule has 0 unspecified atom stereocenters. The van der Waals surface area contributed by atoms with Crippen molar-refractivity contribution in [1.29, 1.82) is 0 Å². The van der Waals surface area contributed by atoms with E-state index < -0.39 is 64.1 Å². The summed E-state index contributed by atoms with van der Waals surface area (Å²) in [5.41, 5.74) is -0.303. The van der Waals surface area contributed by atoms with Crippen LogP contribution in [0.3, 0.4) is 0 Å². The molecule has 0 bridgehead atoms. The number of H-pyrrole nitrogens is 1. The van der Waals surface area contributed by atoms with Gasteiger partial charge in [-0.25, -0.2) is 9.18 Å². The lowest BCUT2D eigenvalue weighted by Gasteiger charge is -2.41. The highest BCUT2D eigenvalue weighted by molar-refractivity contribution is 6.40. The number of carbonyl (C=O) groups is 1.